The summed E-state index contributed by atoms with van der Waals surface area (Å²) in [5.74, 6) is 0.189. The van der Waals surface area contributed by atoms with Gasteiger partial charge in [-0.15, -0.1) is 0 Å². The summed E-state index contributed by atoms with van der Waals surface area (Å²) < 4.78 is 0. The van der Waals surface area contributed by atoms with Crippen molar-refractivity contribution >= 4 is 5.69 Å². The lowest BCUT2D eigenvalue weighted by Gasteiger charge is -2.27. The third-order valence-corrected chi connectivity index (χ3v) is 4.43. The van der Waals surface area contributed by atoms with Gasteiger partial charge in [0.1, 0.15) is 5.75 Å². The van der Waals surface area contributed by atoms with Crippen LogP contribution in [0.15, 0.2) is 36.4 Å². The molecule has 0 aliphatic carbocycles. The van der Waals surface area contributed by atoms with Crippen LogP contribution in [0.5, 0.6) is 17.2 Å². The molecule has 3 N–H and O–H groups in total. The highest BCUT2D eigenvalue weighted by Crippen LogP contribution is 2.38. The average Bonchev–Trinajstić information content (AvgIpc) is 2.90. The number of hydrogen-bond donors (Lipinski definition) is 3. The van der Waals surface area contributed by atoms with E-state index in [1.54, 1.807) is 24.3 Å². The number of aryl methyl sites for hydroxylation is 1. The van der Waals surface area contributed by atoms with E-state index in [0.717, 1.165) is 37.1 Å². The molecular formula is C18H21NO3. The minimum atomic E-state index is -0.0589. The minimum Gasteiger partial charge on any atom is -0.508 e. The molecule has 1 aliphatic heterocycles. The fourth-order valence-corrected chi connectivity index (χ4v) is 3.09. The highest BCUT2D eigenvalue weighted by molar-refractivity contribution is 5.64. The number of hydrogen-bond acceptors (Lipinski definition) is 4. The van der Waals surface area contributed by atoms with Crippen LogP contribution in [-0.2, 0) is 12.8 Å². The summed E-state index contributed by atoms with van der Waals surface area (Å²) in [6.07, 6.45) is 2.83. The van der Waals surface area contributed by atoms with Gasteiger partial charge in [-0.05, 0) is 55.5 Å². The van der Waals surface area contributed by atoms with Crippen molar-refractivity contribution < 1.29 is 15.3 Å². The van der Waals surface area contributed by atoms with Gasteiger partial charge in [-0.1, -0.05) is 12.1 Å². The molecule has 0 fully saturated rings. The number of aromatic hydroxyl groups is 3. The second-order valence-electron chi connectivity index (χ2n) is 5.97. The topological polar surface area (TPSA) is 63.9 Å². The number of anilines is 1. The zero-order valence-corrected chi connectivity index (χ0v) is 12.7. The van der Waals surface area contributed by atoms with Gasteiger partial charge in [0.2, 0.25) is 0 Å². The van der Waals surface area contributed by atoms with Gasteiger partial charge in [-0.2, -0.15) is 0 Å². The van der Waals surface area contributed by atoms with Crippen LogP contribution in [-0.4, -0.2) is 27.9 Å². The molecule has 1 heterocycles. The van der Waals surface area contributed by atoms with Gasteiger partial charge < -0.3 is 20.2 Å². The van der Waals surface area contributed by atoms with Gasteiger partial charge in [-0.3, -0.25) is 0 Å². The van der Waals surface area contributed by atoms with Gasteiger partial charge in [0.05, 0.1) is 0 Å². The molecule has 1 aliphatic rings. The molecule has 0 unspecified atom stereocenters. The maximum Gasteiger partial charge on any atom is 0.159 e. The second-order valence-corrected chi connectivity index (χ2v) is 5.97. The fraction of sp³-hybridized carbons (Fsp3) is 0.333. The van der Waals surface area contributed by atoms with Crippen LogP contribution in [0.25, 0.3) is 0 Å². The van der Waals surface area contributed by atoms with Gasteiger partial charge >= 0.3 is 0 Å². The number of phenolic OH excluding ortho intramolecular Hbond substituents is 3. The van der Waals surface area contributed by atoms with Crippen LogP contribution in [0.3, 0.4) is 0 Å². The van der Waals surface area contributed by atoms with Crippen molar-refractivity contribution in [3.63, 3.8) is 0 Å². The van der Waals surface area contributed by atoms with Crippen LogP contribution in [0.2, 0.25) is 0 Å². The standard InChI is InChI=1S/C18H21NO3/c1-12(2-3-13-4-6-15(20)7-5-13)19-9-8-14-10-17(21)18(22)11-16(14)19/h4-7,10-12,20-22H,2-3,8-9H2,1H3/t12-/m1/s1. The van der Waals surface area contributed by atoms with Crippen molar-refractivity contribution in [2.24, 2.45) is 0 Å². The van der Waals surface area contributed by atoms with Gasteiger partial charge in [0.15, 0.2) is 11.5 Å². The van der Waals surface area contributed by atoms with E-state index in [1.807, 2.05) is 12.1 Å². The van der Waals surface area contributed by atoms with Crippen LogP contribution >= 0.6 is 0 Å². The van der Waals surface area contributed by atoms with E-state index in [4.69, 9.17) is 0 Å². The summed E-state index contributed by atoms with van der Waals surface area (Å²) in [6.45, 7) is 3.09. The molecule has 4 heteroatoms. The Hall–Kier alpha value is -2.36. The Morgan fingerprint density at radius 3 is 2.45 bits per heavy atom. The van der Waals surface area contributed by atoms with E-state index < -0.39 is 0 Å². The maximum absolute atomic E-state index is 9.72. The van der Waals surface area contributed by atoms with E-state index in [1.165, 1.54) is 5.56 Å². The molecule has 0 saturated heterocycles. The van der Waals surface area contributed by atoms with E-state index in [0.29, 0.717) is 11.8 Å². The third-order valence-electron chi connectivity index (χ3n) is 4.43. The third kappa shape index (κ3) is 2.82. The van der Waals surface area contributed by atoms with Crippen molar-refractivity contribution in [1.29, 1.82) is 0 Å². The molecule has 3 rings (SSSR count). The summed E-state index contributed by atoms with van der Waals surface area (Å²) in [5, 5.41) is 28.6. The number of rotatable bonds is 4. The molecule has 2 aromatic rings. The van der Waals surface area contributed by atoms with Gasteiger partial charge in [-0.25, -0.2) is 0 Å². The van der Waals surface area contributed by atoms with Gasteiger partial charge in [0.25, 0.3) is 0 Å². The molecule has 4 nitrogen and oxygen atoms in total. The zero-order valence-electron chi connectivity index (χ0n) is 12.7. The largest absolute Gasteiger partial charge is 0.508 e. The predicted molar refractivity (Wildman–Crippen MR) is 86.7 cm³/mol. The Labute approximate surface area is 130 Å². The van der Waals surface area contributed by atoms with E-state index in [2.05, 4.69) is 11.8 Å². The highest BCUT2D eigenvalue weighted by Gasteiger charge is 2.24. The van der Waals surface area contributed by atoms with Crippen LogP contribution in [0.1, 0.15) is 24.5 Å². The summed E-state index contributed by atoms with van der Waals surface area (Å²) in [5.41, 5.74) is 3.32. The molecule has 116 valence electrons. The van der Waals surface area contributed by atoms with Crippen LogP contribution < -0.4 is 4.90 Å². The molecule has 22 heavy (non-hydrogen) atoms. The number of phenols is 3. The molecule has 0 spiro atoms. The first-order chi connectivity index (χ1) is 10.5. The zero-order chi connectivity index (χ0) is 15.7. The lowest BCUT2D eigenvalue weighted by atomic mass is 10.0. The Bertz CT molecular complexity index is 667. The SMILES string of the molecule is C[C@H](CCc1ccc(O)cc1)N1CCc2cc(O)c(O)cc21. The summed E-state index contributed by atoms with van der Waals surface area (Å²) in [6, 6.07) is 11.0. The Morgan fingerprint density at radius 1 is 1.05 bits per heavy atom. The summed E-state index contributed by atoms with van der Waals surface area (Å²) >= 11 is 0. The first-order valence-corrected chi connectivity index (χ1v) is 7.64. The van der Waals surface area contributed by atoms with E-state index in [-0.39, 0.29) is 11.5 Å². The van der Waals surface area contributed by atoms with Crippen molar-refractivity contribution in [3.05, 3.63) is 47.5 Å². The summed E-state index contributed by atoms with van der Waals surface area (Å²) in [4.78, 5) is 2.29. The quantitative estimate of drug-likeness (QED) is 0.759. The average molecular weight is 299 g/mol. The smallest absolute Gasteiger partial charge is 0.159 e. The molecular weight excluding hydrogens is 278 g/mol. The monoisotopic (exact) mass is 299 g/mol. The number of nitrogens with zero attached hydrogens (tertiary/aromatic N) is 1. The first kappa shape index (κ1) is 14.6. The molecule has 0 aromatic heterocycles. The molecule has 1 atom stereocenters. The van der Waals surface area contributed by atoms with Gasteiger partial charge in [0, 0.05) is 24.3 Å². The Morgan fingerprint density at radius 2 is 1.73 bits per heavy atom. The lowest BCUT2D eigenvalue weighted by Crippen LogP contribution is -2.31. The van der Waals surface area contributed by atoms with Crippen molar-refractivity contribution in [2.75, 3.05) is 11.4 Å². The summed E-state index contributed by atoms with van der Waals surface area (Å²) in [7, 11) is 0. The first-order valence-electron chi connectivity index (χ1n) is 7.64. The number of fused-ring (bicyclic) bond motifs is 1. The predicted octanol–water partition coefficient (Wildman–Crippen LogP) is 3.19. The minimum absolute atomic E-state index is 0.0441. The molecule has 0 amide bonds. The molecule has 0 saturated carbocycles. The fourth-order valence-electron chi connectivity index (χ4n) is 3.09. The maximum atomic E-state index is 9.72. The number of benzene rings is 2. The normalized spacial score (nSPS) is 14.9. The van der Waals surface area contributed by atoms with E-state index in [9.17, 15) is 15.3 Å². The van der Waals surface area contributed by atoms with Crippen LogP contribution in [0, 0.1) is 0 Å². The lowest BCUT2D eigenvalue weighted by molar-refractivity contribution is 0.403. The van der Waals surface area contributed by atoms with Crippen LogP contribution in [0.4, 0.5) is 5.69 Å². The molecule has 0 bridgehead atoms. The Kier molecular flexibility index (Phi) is 3.84. The molecule has 2 aromatic carbocycles. The van der Waals surface area contributed by atoms with E-state index >= 15 is 0 Å². The van der Waals surface area contributed by atoms with Crippen molar-refractivity contribution in [3.8, 4) is 17.2 Å². The molecule has 0 radical (unpaired) electrons. The second kappa shape index (κ2) is 5.79. The van der Waals surface area contributed by atoms with Crippen molar-refractivity contribution in [2.45, 2.75) is 32.2 Å². The van der Waals surface area contributed by atoms with Crippen molar-refractivity contribution in [1.82, 2.24) is 0 Å². The highest BCUT2D eigenvalue weighted by atomic mass is 16.3. The Balaban J connectivity index is 1.68.